The molecule has 5 heteroatoms. The summed E-state index contributed by atoms with van der Waals surface area (Å²) in [5.74, 6) is -0.245. The van der Waals surface area contributed by atoms with Gasteiger partial charge in [0.15, 0.2) is 0 Å². The standard InChI is InChI=1S/C13H21N3O2/c1-9-5-6-10(7-12(9)16(2)3)15-13(17)11(14)8-18-4/h5-7,11H,8,14H2,1-4H3,(H,15,17). The lowest BCUT2D eigenvalue weighted by Crippen LogP contribution is -2.39. The first-order valence-electron chi connectivity index (χ1n) is 5.79. The van der Waals surface area contributed by atoms with Crippen molar-refractivity contribution < 1.29 is 9.53 Å². The van der Waals surface area contributed by atoms with Crippen LogP contribution >= 0.6 is 0 Å². The van der Waals surface area contributed by atoms with Crippen molar-refractivity contribution in [2.24, 2.45) is 5.73 Å². The lowest BCUT2D eigenvalue weighted by molar-refractivity contribution is -0.118. The van der Waals surface area contributed by atoms with Gasteiger partial charge in [-0.1, -0.05) is 6.07 Å². The first-order valence-corrected chi connectivity index (χ1v) is 5.79. The molecule has 0 saturated heterocycles. The molecule has 1 aromatic rings. The molecule has 0 heterocycles. The number of methoxy groups -OCH3 is 1. The van der Waals surface area contributed by atoms with E-state index in [1.807, 2.05) is 44.1 Å². The number of aryl methyl sites for hydroxylation is 1. The second kappa shape index (κ2) is 6.37. The molecule has 0 aliphatic rings. The fourth-order valence-corrected chi connectivity index (χ4v) is 1.66. The van der Waals surface area contributed by atoms with Crippen molar-refractivity contribution in [2.75, 3.05) is 38.0 Å². The van der Waals surface area contributed by atoms with Gasteiger partial charge in [-0.25, -0.2) is 0 Å². The first-order chi connectivity index (χ1) is 8.45. The molecule has 0 aromatic heterocycles. The minimum absolute atomic E-state index is 0.207. The van der Waals surface area contributed by atoms with Gasteiger partial charge in [0.2, 0.25) is 5.91 Å². The molecule has 0 bridgehead atoms. The number of ether oxygens (including phenoxy) is 1. The number of amides is 1. The van der Waals surface area contributed by atoms with Gasteiger partial charge in [-0.2, -0.15) is 0 Å². The van der Waals surface area contributed by atoms with Gasteiger partial charge in [-0.05, 0) is 24.6 Å². The summed E-state index contributed by atoms with van der Waals surface area (Å²) in [6, 6.07) is 5.10. The number of rotatable bonds is 5. The zero-order valence-electron chi connectivity index (χ0n) is 11.4. The van der Waals surface area contributed by atoms with Crippen LogP contribution in [0.15, 0.2) is 18.2 Å². The third-order valence-corrected chi connectivity index (χ3v) is 2.64. The number of hydrogen-bond donors (Lipinski definition) is 2. The summed E-state index contributed by atoms with van der Waals surface area (Å²) in [4.78, 5) is 13.7. The molecular weight excluding hydrogens is 230 g/mol. The molecule has 0 aliphatic carbocycles. The van der Waals surface area contributed by atoms with Gasteiger partial charge >= 0.3 is 0 Å². The van der Waals surface area contributed by atoms with Gasteiger partial charge in [0.25, 0.3) is 0 Å². The van der Waals surface area contributed by atoms with Gasteiger partial charge in [-0.15, -0.1) is 0 Å². The number of carbonyl (C=O) groups is 1. The highest BCUT2D eigenvalue weighted by Gasteiger charge is 2.13. The summed E-state index contributed by atoms with van der Waals surface area (Å²) in [7, 11) is 5.44. The highest BCUT2D eigenvalue weighted by molar-refractivity contribution is 5.95. The van der Waals surface area contributed by atoms with E-state index in [1.54, 1.807) is 0 Å². The molecule has 1 aromatic carbocycles. The highest BCUT2D eigenvalue weighted by atomic mass is 16.5. The molecule has 100 valence electrons. The summed E-state index contributed by atoms with van der Waals surface area (Å²) < 4.78 is 4.85. The van der Waals surface area contributed by atoms with E-state index < -0.39 is 6.04 Å². The minimum Gasteiger partial charge on any atom is -0.383 e. The van der Waals surface area contributed by atoms with Crippen LogP contribution in [0.2, 0.25) is 0 Å². The number of benzene rings is 1. The van der Waals surface area contributed by atoms with Crippen molar-refractivity contribution in [3.8, 4) is 0 Å². The van der Waals surface area contributed by atoms with E-state index in [0.717, 1.165) is 16.9 Å². The van der Waals surface area contributed by atoms with E-state index in [2.05, 4.69) is 5.32 Å². The van der Waals surface area contributed by atoms with E-state index >= 15 is 0 Å². The average molecular weight is 251 g/mol. The van der Waals surface area contributed by atoms with Crippen molar-refractivity contribution >= 4 is 17.3 Å². The van der Waals surface area contributed by atoms with Crippen molar-refractivity contribution in [1.29, 1.82) is 0 Å². The Balaban J connectivity index is 2.79. The quantitative estimate of drug-likeness (QED) is 0.818. The molecular formula is C13H21N3O2. The van der Waals surface area contributed by atoms with E-state index in [9.17, 15) is 4.79 Å². The number of nitrogens with one attached hydrogen (secondary N) is 1. The Kier molecular flexibility index (Phi) is 5.12. The largest absolute Gasteiger partial charge is 0.383 e. The Morgan fingerprint density at radius 1 is 1.50 bits per heavy atom. The maximum Gasteiger partial charge on any atom is 0.243 e. The second-order valence-electron chi connectivity index (χ2n) is 4.45. The minimum atomic E-state index is -0.654. The summed E-state index contributed by atoms with van der Waals surface area (Å²) in [5, 5.41) is 2.78. The van der Waals surface area contributed by atoms with Crippen LogP contribution < -0.4 is 16.0 Å². The second-order valence-corrected chi connectivity index (χ2v) is 4.45. The summed E-state index contributed by atoms with van der Waals surface area (Å²) in [5.41, 5.74) is 8.61. The van der Waals surface area contributed by atoms with Crippen LogP contribution in [0.25, 0.3) is 0 Å². The predicted octanol–water partition coefficient (Wildman–Crippen LogP) is 0.973. The van der Waals surface area contributed by atoms with Gasteiger partial charge < -0.3 is 20.7 Å². The fraction of sp³-hybridized carbons (Fsp3) is 0.462. The molecule has 1 rings (SSSR count). The van der Waals surface area contributed by atoms with Crippen molar-refractivity contribution in [3.05, 3.63) is 23.8 Å². The maximum atomic E-state index is 11.7. The van der Waals surface area contributed by atoms with E-state index in [4.69, 9.17) is 10.5 Å². The number of hydrogen-bond acceptors (Lipinski definition) is 4. The van der Waals surface area contributed by atoms with E-state index in [1.165, 1.54) is 7.11 Å². The molecule has 5 nitrogen and oxygen atoms in total. The Morgan fingerprint density at radius 2 is 2.17 bits per heavy atom. The molecule has 1 amide bonds. The van der Waals surface area contributed by atoms with Crippen LogP contribution in [0.4, 0.5) is 11.4 Å². The zero-order valence-corrected chi connectivity index (χ0v) is 11.4. The van der Waals surface area contributed by atoms with Crippen LogP contribution in [-0.4, -0.2) is 39.8 Å². The highest BCUT2D eigenvalue weighted by Crippen LogP contribution is 2.22. The SMILES string of the molecule is COCC(N)C(=O)Nc1ccc(C)c(N(C)C)c1. The molecule has 1 atom stereocenters. The number of anilines is 2. The Labute approximate surface area is 108 Å². The molecule has 18 heavy (non-hydrogen) atoms. The third-order valence-electron chi connectivity index (χ3n) is 2.64. The van der Waals surface area contributed by atoms with Crippen LogP contribution in [0.3, 0.4) is 0 Å². The zero-order chi connectivity index (χ0) is 13.7. The van der Waals surface area contributed by atoms with Crippen LogP contribution in [0, 0.1) is 6.92 Å². The molecule has 0 aliphatic heterocycles. The Bertz CT molecular complexity index is 419. The lowest BCUT2D eigenvalue weighted by atomic mass is 10.1. The van der Waals surface area contributed by atoms with Crippen molar-refractivity contribution in [1.82, 2.24) is 0 Å². The monoisotopic (exact) mass is 251 g/mol. The van der Waals surface area contributed by atoms with Crippen LogP contribution in [0.1, 0.15) is 5.56 Å². The molecule has 0 saturated carbocycles. The molecule has 0 radical (unpaired) electrons. The van der Waals surface area contributed by atoms with E-state index in [-0.39, 0.29) is 12.5 Å². The topological polar surface area (TPSA) is 67.6 Å². The Hall–Kier alpha value is -1.59. The first kappa shape index (κ1) is 14.5. The van der Waals surface area contributed by atoms with Gasteiger partial charge in [0, 0.05) is 32.6 Å². The van der Waals surface area contributed by atoms with Gasteiger partial charge in [0.05, 0.1) is 6.61 Å². The maximum absolute atomic E-state index is 11.7. The van der Waals surface area contributed by atoms with Crippen molar-refractivity contribution in [2.45, 2.75) is 13.0 Å². The van der Waals surface area contributed by atoms with Gasteiger partial charge in [-0.3, -0.25) is 4.79 Å². The average Bonchev–Trinajstić information content (AvgIpc) is 2.31. The molecule has 0 spiro atoms. The van der Waals surface area contributed by atoms with Crippen molar-refractivity contribution in [3.63, 3.8) is 0 Å². The lowest BCUT2D eigenvalue weighted by Gasteiger charge is -2.18. The molecule has 3 N–H and O–H groups in total. The number of nitrogens with zero attached hydrogens (tertiary/aromatic N) is 1. The smallest absolute Gasteiger partial charge is 0.243 e. The number of carbonyl (C=O) groups excluding carboxylic acids is 1. The van der Waals surface area contributed by atoms with Crippen LogP contribution in [-0.2, 0) is 9.53 Å². The van der Waals surface area contributed by atoms with Crippen LogP contribution in [0.5, 0.6) is 0 Å². The summed E-state index contributed by atoms with van der Waals surface area (Å²) in [6.45, 7) is 2.23. The third kappa shape index (κ3) is 3.72. The summed E-state index contributed by atoms with van der Waals surface area (Å²) >= 11 is 0. The summed E-state index contributed by atoms with van der Waals surface area (Å²) in [6.07, 6.45) is 0. The normalized spacial score (nSPS) is 12.1. The van der Waals surface area contributed by atoms with E-state index in [0.29, 0.717) is 0 Å². The van der Waals surface area contributed by atoms with Gasteiger partial charge in [0.1, 0.15) is 6.04 Å². The predicted molar refractivity (Wildman–Crippen MR) is 74.0 cm³/mol. The fourth-order valence-electron chi connectivity index (χ4n) is 1.66. The Morgan fingerprint density at radius 3 is 2.72 bits per heavy atom. The molecule has 0 fully saturated rings. The molecule has 1 unspecified atom stereocenters. The number of nitrogens with two attached hydrogens (primary N) is 1.